The molecular weight excluding hydrogens is 426 g/mol. The molecule has 2 aliphatic rings. The fourth-order valence-electron chi connectivity index (χ4n) is 4.82. The summed E-state index contributed by atoms with van der Waals surface area (Å²) in [5.41, 5.74) is 8.50. The van der Waals surface area contributed by atoms with Gasteiger partial charge in [-0.3, -0.25) is 9.69 Å². The van der Waals surface area contributed by atoms with Gasteiger partial charge in [0, 0.05) is 42.7 Å². The summed E-state index contributed by atoms with van der Waals surface area (Å²) < 4.78 is 0. The summed E-state index contributed by atoms with van der Waals surface area (Å²) in [7, 11) is 0. The third-order valence-corrected chi connectivity index (χ3v) is 6.88. The molecule has 2 aromatic rings. The molecule has 0 radical (unpaired) electrons. The van der Waals surface area contributed by atoms with Crippen LogP contribution in [0.15, 0.2) is 47.8 Å². The van der Waals surface area contributed by atoms with E-state index in [-0.39, 0.29) is 17.7 Å². The number of halogens is 1. The van der Waals surface area contributed by atoms with Gasteiger partial charge in [0.1, 0.15) is 5.82 Å². The number of carbonyl (C=O) groups is 1. The quantitative estimate of drug-likeness (QED) is 0.407. The molecule has 3 heterocycles. The molecule has 4 rings (SSSR count). The number of anilines is 1. The predicted octanol–water partition coefficient (Wildman–Crippen LogP) is 3.65. The van der Waals surface area contributed by atoms with Crippen LogP contribution in [-0.2, 0) is 11.3 Å². The van der Waals surface area contributed by atoms with E-state index in [2.05, 4.69) is 15.0 Å². The van der Waals surface area contributed by atoms with Crippen molar-refractivity contribution < 1.29 is 10.0 Å². The van der Waals surface area contributed by atoms with Gasteiger partial charge in [-0.1, -0.05) is 28.9 Å². The monoisotopic (exact) mass is 455 g/mol. The molecule has 3 N–H and O–H groups in total. The molecule has 7 nitrogen and oxygen atoms in total. The number of carbonyl (C=O) groups excluding carboxylic acids is 1. The summed E-state index contributed by atoms with van der Waals surface area (Å²) in [5.74, 6) is 1.04. The second-order valence-electron chi connectivity index (χ2n) is 8.73. The zero-order valence-corrected chi connectivity index (χ0v) is 18.9. The van der Waals surface area contributed by atoms with Crippen LogP contribution in [0.3, 0.4) is 0 Å². The first-order valence-electron chi connectivity index (χ1n) is 11.2. The Balaban J connectivity index is 1.26. The van der Waals surface area contributed by atoms with Gasteiger partial charge in [-0.2, -0.15) is 0 Å². The van der Waals surface area contributed by atoms with E-state index in [1.807, 2.05) is 29.2 Å². The highest BCUT2D eigenvalue weighted by atomic mass is 35.5. The van der Waals surface area contributed by atoms with E-state index >= 15 is 0 Å². The van der Waals surface area contributed by atoms with Crippen molar-refractivity contribution in [2.24, 2.45) is 17.0 Å². The van der Waals surface area contributed by atoms with Gasteiger partial charge in [-0.25, -0.2) is 4.98 Å². The molecule has 0 spiro atoms. The SMILES string of the molecule is Nc1cc(CN2CCC(C(=O)N3CCC(C(=NO)c4ccc(Cl)cc4)CC3)CC2)ccn1. The number of amides is 1. The number of hydrogen-bond acceptors (Lipinski definition) is 6. The van der Waals surface area contributed by atoms with Crippen molar-refractivity contribution in [1.82, 2.24) is 14.8 Å². The molecule has 32 heavy (non-hydrogen) atoms. The Bertz CT molecular complexity index is 949. The van der Waals surface area contributed by atoms with E-state index in [0.29, 0.717) is 29.6 Å². The number of nitrogens with zero attached hydrogens (tertiary/aromatic N) is 4. The fourth-order valence-corrected chi connectivity index (χ4v) is 4.94. The second-order valence-corrected chi connectivity index (χ2v) is 9.17. The molecule has 170 valence electrons. The normalized spacial score (nSPS) is 19.3. The van der Waals surface area contributed by atoms with Gasteiger partial charge in [0.2, 0.25) is 5.91 Å². The van der Waals surface area contributed by atoms with Crippen LogP contribution < -0.4 is 5.73 Å². The number of piperidine rings is 2. The Morgan fingerprint density at radius 2 is 1.72 bits per heavy atom. The first-order chi connectivity index (χ1) is 15.5. The number of likely N-dealkylation sites (tertiary alicyclic amines) is 2. The largest absolute Gasteiger partial charge is 0.411 e. The average molecular weight is 456 g/mol. The van der Waals surface area contributed by atoms with Crippen molar-refractivity contribution >= 4 is 29.0 Å². The van der Waals surface area contributed by atoms with Gasteiger partial charge < -0.3 is 15.8 Å². The molecule has 0 atom stereocenters. The Morgan fingerprint density at radius 1 is 1.06 bits per heavy atom. The third-order valence-electron chi connectivity index (χ3n) is 6.63. The lowest BCUT2D eigenvalue weighted by atomic mass is 9.87. The maximum atomic E-state index is 13.1. The van der Waals surface area contributed by atoms with Crippen LogP contribution >= 0.6 is 11.6 Å². The van der Waals surface area contributed by atoms with E-state index in [9.17, 15) is 10.0 Å². The van der Waals surface area contributed by atoms with Crippen molar-refractivity contribution in [3.8, 4) is 0 Å². The number of nitrogen functional groups attached to an aromatic ring is 1. The molecule has 0 bridgehead atoms. The number of hydrogen-bond donors (Lipinski definition) is 2. The van der Waals surface area contributed by atoms with Crippen LogP contribution in [0.2, 0.25) is 5.02 Å². The number of nitrogens with two attached hydrogens (primary N) is 1. The molecule has 1 aromatic carbocycles. The lowest BCUT2D eigenvalue weighted by Gasteiger charge is -2.37. The van der Waals surface area contributed by atoms with Crippen LogP contribution in [0.4, 0.5) is 5.82 Å². The highest BCUT2D eigenvalue weighted by Gasteiger charge is 2.32. The summed E-state index contributed by atoms with van der Waals surface area (Å²) in [5, 5.41) is 13.8. The maximum Gasteiger partial charge on any atom is 0.225 e. The molecule has 8 heteroatoms. The van der Waals surface area contributed by atoms with Crippen molar-refractivity contribution in [2.45, 2.75) is 32.2 Å². The average Bonchev–Trinajstić information content (AvgIpc) is 2.81. The molecule has 2 aliphatic heterocycles. The number of rotatable bonds is 5. The Morgan fingerprint density at radius 3 is 2.34 bits per heavy atom. The molecule has 0 unspecified atom stereocenters. The molecule has 1 aromatic heterocycles. The minimum absolute atomic E-state index is 0.0903. The number of aromatic nitrogens is 1. The smallest absolute Gasteiger partial charge is 0.225 e. The van der Waals surface area contributed by atoms with Gasteiger partial charge in [0.15, 0.2) is 0 Å². The summed E-state index contributed by atoms with van der Waals surface area (Å²) in [4.78, 5) is 21.5. The Hall–Kier alpha value is -2.64. The number of oxime groups is 1. The number of benzene rings is 1. The lowest BCUT2D eigenvalue weighted by molar-refractivity contribution is -0.138. The van der Waals surface area contributed by atoms with Crippen molar-refractivity contribution in [3.05, 3.63) is 58.7 Å². The molecule has 2 saturated heterocycles. The molecule has 2 fully saturated rings. The lowest BCUT2D eigenvalue weighted by Crippen LogP contribution is -2.46. The first kappa shape index (κ1) is 22.6. The van der Waals surface area contributed by atoms with Gasteiger partial charge in [-0.15, -0.1) is 0 Å². The van der Waals surface area contributed by atoms with Crippen LogP contribution in [0.5, 0.6) is 0 Å². The van der Waals surface area contributed by atoms with Crippen LogP contribution in [0.25, 0.3) is 0 Å². The van der Waals surface area contributed by atoms with E-state index in [1.165, 1.54) is 0 Å². The van der Waals surface area contributed by atoms with Crippen LogP contribution in [-0.4, -0.2) is 57.8 Å². The minimum atomic E-state index is 0.0903. The van der Waals surface area contributed by atoms with Crippen molar-refractivity contribution in [3.63, 3.8) is 0 Å². The minimum Gasteiger partial charge on any atom is -0.411 e. The Labute approximate surface area is 193 Å². The van der Waals surface area contributed by atoms with Crippen molar-refractivity contribution in [1.29, 1.82) is 0 Å². The van der Waals surface area contributed by atoms with Crippen LogP contribution in [0.1, 0.15) is 36.8 Å². The zero-order valence-electron chi connectivity index (χ0n) is 18.2. The molecule has 0 aliphatic carbocycles. The number of pyridine rings is 1. The zero-order chi connectivity index (χ0) is 22.5. The molecule has 0 saturated carbocycles. The van der Waals surface area contributed by atoms with Gasteiger partial charge >= 0.3 is 0 Å². The molecular formula is C24H30ClN5O2. The summed E-state index contributed by atoms with van der Waals surface area (Å²) in [6.45, 7) is 4.06. The highest BCUT2D eigenvalue weighted by Crippen LogP contribution is 2.27. The van der Waals surface area contributed by atoms with Crippen LogP contribution in [0, 0.1) is 11.8 Å². The van der Waals surface area contributed by atoms with Crippen molar-refractivity contribution in [2.75, 3.05) is 31.9 Å². The predicted molar refractivity (Wildman–Crippen MR) is 126 cm³/mol. The van der Waals surface area contributed by atoms with E-state index < -0.39 is 0 Å². The maximum absolute atomic E-state index is 13.1. The summed E-state index contributed by atoms with van der Waals surface area (Å²) in [6.07, 6.45) is 5.11. The third kappa shape index (κ3) is 5.40. The summed E-state index contributed by atoms with van der Waals surface area (Å²) >= 11 is 5.97. The van der Waals surface area contributed by atoms with E-state index in [1.54, 1.807) is 18.3 Å². The van der Waals surface area contributed by atoms with Gasteiger partial charge in [-0.05, 0) is 74.2 Å². The standard InChI is InChI=1S/C24H30ClN5O2/c25-21-3-1-18(2-4-21)23(28-32)19-8-13-30(14-9-19)24(31)20-6-11-29(12-7-20)16-17-5-10-27-22(26)15-17/h1-5,10,15,19-20,32H,6-9,11-14,16H2,(H2,26,27). The highest BCUT2D eigenvalue weighted by molar-refractivity contribution is 6.30. The van der Waals surface area contributed by atoms with E-state index in [0.717, 1.165) is 56.4 Å². The van der Waals surface area contributed by atoms with Gasteiger partial charge in [0.05, 0.1) is 5.71 Å². The van der Waals surface area contributed by atoms with Gasteiger partial charge in [0.25, 0.3) is 0 Å². The second kappa shape index (κ2) is 10.3. The van der Waals surface area contributed by atoms with E-state index in [4.69, 9.17) is 17.3 Å². The fraction of sp³-hybridized carbons (Fsp3) is 0.458. The summed E-state index contributed by atoms with van der Waals surface area (Å²) in [6, 6.07) is 11.3. The Kier molecular flexibility index (Phi) is 7.27. The topological polar surface area (TPSA) is 95.0 Å². The first-order valence-corrected chi connectivity index (χ1v) is 11.6. The molecule has 1 amide bonds.